The number of rotatable bonds is 5. The topological polar surface area (TPSA) is 76.4 Å². The van der Waals surface area contributed by atoms with Gasteiger partial charge in [-0.25, -0.2) is 0 Å². The lowest BCUT2D eigenvalue weighted by molar-refractivity contribution is -0.119. The molecule has 1 aliphatic heterocycles. The molecule has 104 valence electrons. The first-order valence-corrected chi connectivity index (χ1v) is 6.63. The zero-order valence-corrected chi connectivity index (χ0v) is 11.4. The van der Waals surface area contributed by atoms with Gasteiger partial charge in [0, 0.05) is 42.5 Å². The minimum atomic E-state index is 0.115. The average Bonchev–Trinajstić information content (AvgIpc) is 2.71. The van der Waals surface area contributed by atoms with E-state index in [1.165, 1.54) is 0 Å². The largest absolute Gasteiger partial charge is 0.491 e. The monoisotopic (exact) mass is 263 g/mol. The minimum Gasteiger partial charge on any atom is -0.491 e. The first kappa shape index (κ1) is 13.5. The van der Waals surface area contributed by atoms with Crippen LogP contribution in [0, 0.1) is 0 Å². The van der Waals surface area contributed by atoms with Crippen LogP contribution in [0.25, 0.3) is 0 Å². The SMILES string of the molecule is CC(C)Oc1cc(N)cc(NCC2CCC(=O)N2)c1. The number of nitrogens with two attached hydrogens (primary N) is 1. The van der Waals surface area contributed by atoms with Gasteiger partial charge < -0.3 is 21.1 Å². The maximum absolute atomic E-state index is 11.1. The third kappa shape index (κ3) is 4.05. The van der Waals surface area contributed by atoms with Crippen molar-refractivity contribution < 1.29 is 9.53 Å². The highest BCUT2D eigenvalue weighted by Gasteiger charge is 2.20. The summed E-state index contributed by atoms with van der Waals surface area (Å²) in [6.45, 7) is 4.66. The smallest absolute Gasteiger partial charge is 0.220 e. The Morgan fingerprint density at radius 3 is 2.89 bits per heavy atom. The fourth-order valence-electron chi connectivity index (χ4n) is 2.14. The fraction of sp³-hybridized carbons (Fsp3) is 0.500. The lowest BCUT2D eigenvalue weighted by atomic mass is 10.2. The summed E-state index contributed by atoms with van der Waals surface area (Å²) in [6.07, 6.45) is 1.61. The predicted molar refractivity (Wildman–Crippen MR) is 76.3 cm³/mol. The van der Waals surface area contributed by atoms with Crippen LogP contribution < -0.4 is 21.1 Å². The van der Waals surface area contributed by atoms with Crippen molar-refractivity contribution in [3.8, 4) is 5.75 Å². The van der Waals surface area contributed by atoms with Gasteiger partial charge in [-0.15, -0.1) is 0 Å². The molecule has 19 heavy (non-hydrogen) atoms. The number of ether oxygens (including phenoxy) is 1. The van der Waals surface area contributed by atoms with E-state index >= 15 is 0 Å². The van der Waals surface area contributed by atoms with Crippen LogP contribution in [0.3, 0.4) is 0 Å². The number of nitrogens with one attached hydrogen (secondary N) is 2. The van der Waals surface area contributed by atoms with E-state index in [0.29, 0.717) is 18.7 Å². The number of carbonyl (C=O) groups excluding carboxylic acids is 1. The van der Waals surface area contributed by atoms with E-state index in [2.05, 4.69) is 10.6 Å². The summed E-state index contributed by atoms with van der Waals surface area (Å²) in [5.41, 5.74) is 7.43. The molecule has 0 saturated carbocycles. The molecule has 0 radical (unpaired) electrons. The highest BCUT2D eigenvalue weighted by atomic mass is 16.5. The van der Waals surface area contributed by atoms with Gasteiger partial charge in [-0.3, -0.25) is 4.79 Å². The van der Waals surface area contributed by atoms with E-state index < -0.39 is 0 Å². The normalized spacial score (nSPS) is 18.5. The zero-order valence-electron chi connectivity index (χ0n) is 11.4. The number of hydrogen-bond acceptors (Lipinski definition) is 4. The summed E-state index contributed by atoms with van der Waals surface area (Å²) in [7, 11) is 0. The second kappa shape index (κ2) is 5.82. The van der Waals surface area contributed by atoms with Crippen LogP contribution in [0.15, 0.2) is 18.2 Å². The molecule has 1 aromatic rings. The predicted octanol–water partition coefficient (Wildman–Crippen LogP) is 1.75. The molecule has 4 N–H and O–H groups in total. The van der Waals surface area contributed by atoms with E-state index in [-0.39, 0.29) is 18.1 Å². The number of nitrogen functional groups attached to an aromatic ring is 1. The second-order valence-corrected chi connectivity index (χ2v) is 5.14. The van der Waals surface area contributed by atoms with Gasteiger partial charge in [-0.1, -0.05) is 0 Å². The van der Waals surface area contributed by atoms with Gasteiger partial charge in [0.1, 0.15) is 5.75 Å². The number of carbonyl (C=O) groups is 1. The van der Waals surface area contributed by atoms with Crippen molar-refractivity contribution in [3.05, 3.63) is 18.2 Å². The Kier molecular flexibility index (Phi) is 4.14. The van der Waals surface area contributed by atoms with Gasteiger partial charge in [-0.2, -0.15) is 0 Å². The Labute approximate surface area is 113 Å². The van der Waals surface area contributed by atoms with E-state index in [1.54, 1.807) is 0 Å². The Morgan fingerprint density at radius 1 is 1.47 bits per heavy atom. The van der Waals surface area contributed by atoms with Crippen molar-refractivity contribution >= 4 is 17.3 Å². The quantitative estimate of drug-likeness (QED) is 0.707. The third-order valence-corrected chi connectivity index (χ3v) is 2.94. The van der Waals surface area contributed by atoms with Crippen molar-refractivity contribution in [1.29, 1.82) is 0 Å². The van der Waals surface area contributed by atoms with Gasteiger partial charge in [0.25, 0.3) is 0 Å². The first-order valence-electron chi connectivity index (χ1n) is 6.63. The summed E-state index contributed by atoms with van der Waals surface area (Å²) < 4.78 is 5.63. The molecule has 1 unspecified atom stereocenters. The van der Waals surface area contributed by atoms with Crippen molar-refractivity contribution in [3.63, 3.8) is 0 Å². The molecule has 0 spiro atoms. The Hall–Kier alpha value is -1.91. The van der Waals surface area contributed by atoms with Crippen LogP contribution in [0.5, 0.6) is 5.75 Å². The fourth-order valence-corrected chi connectivity index (χ4v) is 2.14. The lowest BCUT2D eigenvalue weighted by Gasteiger charge is -2.15. The van der Waals surface area contributed by atoms with Crippen LogP contribution in [0.4, 0.5) is 11.4 Å². The Bertz CT molecular complexity index is 460. The highest BCUT2D eigenvalue weighted by molar-refractivity contribution is 5.78. The maximum atomic E-state index is 11.1. The molecule has 1 saturated heterocycles. The second-order valence-electron chi connectivity index (χ2n) is 5.14. The van der Waals surface area contributed by atoms with Gasteiger partial charge in [0.2, 0.25) is 5.91 Å². The number of benzene rings is 1. The van der Waals surface area contributed by atoms with E-state index in [1.807, 2.05) is 32.0 Å². The van der Waals surface area contributed by atoms with Crippen LogP contribution in [0.2, 0.25) is 0 Å². The molecule has 5 nitrogen and oxygen atoms in total. The summed E-state index contributed by atoms with van der Waals surface area (Å²) in [5.74, 6) is 0.885. The summed E-state index contributed by atoms with van der Waals surface area (Å²) in [4.78, 5) is 11.1. The highest BCUT2D eigenvalue weighted by Crippen LogP contribution is 2.23. The van der Waals surface area contributed by atoms with Gasteiger partial charge in [0.05, 0.1) is 6.10 Å². The molecule has 1 aromatic carbocycles. The molecular formula is C14H21N3O2. The molecule has 1 fully saturated rings. The molecule has 0 bridgehead atoms. The molecule has 1 amide bonds. The molecule has 0 aromatic heterocycles. The molecule has 5 heteroatoms. The number of anilines is 2. The number of amides is 1. The van der Waals surface area contributed by atoms with E-state index in [9.17, 15) is 4.79 Å². The summed E-state index contributed by atoms with van der Waals surface area (Å²) >= 11 is 0. The molecular weight excluding hydrogens is 242 g/mol. The minimum absolute atomic E-state index is 0.115. The van der Waals surface area contributed by atoms with Crippen molar-refractivity contribution in [2.24, 2.45) is 0 Å². The van der Waals surface area contributed by atoms with E-state index in [0.717, 1.165) is 17.9 Å². The first-order chi connectivity index (χ1) is 9.02. The number of hydrogen-bond donors (Lipinski definition) is 3. The molecule has 1 heterocycles. The van der Waals surface area contributed by atoms with Crippen LogP contribution in [-0.2, 0) is 4.79 Å². The Balaban J connectivity index is 1.95. The summed E-state index contributed by atoms with van der Waals surface area (Å²) in [5, 5.41) is 6.21. The average molecular weight is 263 g/mol. The van der Waals surface area contributed by atoms with Crippen LogP contribution in [0.1, 0.15) is 26.7 Å². The van der Waals surface area contributed by atoms with Gasteiger partial charge in [-0.05, 0) is 26.3 Å². The van der Waals surface area contributed by atoms with Crippen molar-refractivity contribution in [1.82, 2.24) is 5.32 Å². The Morgan fingerprint density at radius 2 is 2.26 bits per heavy atom. The molecule has 2 rings (SSSR count). The summed E-state index contributed by atoms with van der Waals surface area (Å²) in [6, 6.07) is 5.79. The molecule has 1 aliphatic rings. The zero-order chi connectivity index (χ0) is 13.8. The van der Waals surface area contributed by atoms with Crippen LogP contribution in [-0.4, -0.2) is 24.6 Å². The molecule has 1 atom stereocenters. The van der Waals surface area contributed by atoms with E-state index in [4.69, 9.17) is 10.5 Å². The maximum Gasteiger partial charge on any atom is 0.220 e. The van der Waals surface area contributed by atoms with Crippen molar-refractivity contribution in [2.75, 3.05) is 17.6 Å². The lowest BCUT2D eigenvalue weighted by Crippen LogP contribution is -2.31. The van der Waals surface area contributed by atoms with Crippen LogP contribution >= 0.6 is 0 Å². The van der Waals surface area contributed by atoms with Gasteiger partial charge >= 0.3 is 0 Å². The third-order valence-electron chi connectivity index (χ3n) is 2.94. The van der Waals surface area contributed by atoms with Gasteiger partial charge in [0.15, 0.2) is 0 Å². The molecule has 0 aliphatic carbocycles. The van der Waals surface area contributed by atoms with Crippen molar-refractivity contribution in [2.45, 2.75) is 38.8 Å². The standard InChI is InChI=1S/C14H21N3O2/c1-9(2)19-13-6-10(15)5-12(7-13)16-8-11-3-4-14(18)17-11/h5-7,9,11,16H,3-4,8,15H2,1-2H3,(H,17,18).